The summed E-state index contributed by atoms with van der Waals surface area (Å²) in [6.45, 7) is 4.42. The summed E-state index contributed by atoms with van der Waals surface area (Å²) in [5.41, 5.74) is 6.47. The molecule has 3 rings (SSSR count). The van der Waals surface area contributed by atoms with E-state index in [0.717, 1.165) is 13.1 Å². The van der Waals surface area contributed by atoms with Crippen LogP contribution in [0.5, 0.6) is 0 Å². The number of piperazine rings is 1. The number of hydrogen-bond donors (Lipinski definition) is 2. The first-order chi connectivity index (χ1) is 12.6. The van der Waals surface area contributed by atoms with Gasteiger partial charge < -0.3 is 25.6 Å². The summed E-state index contributed by atoms with van der Waals surface area (Å²) >= 11 is 0. The van der Waals surface area contributed by atoms with Crippen LogP contribution in [0.1, 0.15) is 19.3 Å². The predicted octanol–water partition coefficient (Wildman–Crippen LogP) is 1.19. The number of carbonyl (C=O) groups excluding carboxylic acids is 2. The fourth-order valence-corrected chi connectivity index (χ4v) is 3.43. The molecule has 2 heterocycles. The standard InChI is InChI=1S/C19H28N4O3.2ClH/c20-19(7-14-26-15-8-19)18(25)21-9-6-17(24)23-12-10-22(11-13-23)16-4-2-1-3-5-16;;/h1-5H,6-15,20H2,(H,21,25);2*1H. The van der Waals surface area contributed by atoms with Crippen LogP contribution in [0.3, 0.4) is 0 Å². The number of rotatable bonds is 5. The van der Waals surface area contributed by atoms with Gasteiger partial charge in [0.2, 0.25) is 11.8 Å². The van der Waals surface area contributed by atoms with Crippen LogP contribution in [0.2, 0.25) is 0 Å². The largest absolute Gasteiger partial charge is 0.381 e. The van der Waals surface area contributed by atoms with E-state index in [1.807, 2.05) is 23.1 Å². The first-order valence-electron chi connectivity index (χ1n) is 9.31. The number of hydrogen-bond acceptors (Lipinski definition) is 5. The van der Waals surface area contributed by atoms with E-state index in [9.17, 15) is 9.59 Å². The van der Waals surface area contributed by atoms with E-state index in [1.54, 1.807) is 0 Å². The Morgan fingerprint density at radius 2 is 1.64 bits per heavy atom. The molecule has 0 bridgehead atoms. The highest BCUT2D eigenvalue weighted by Gasteiger charge is 2.35. The average Bonchev–Trinajstić information content (AvgIpc) is 2.69. The Hall–Kier alpha value is -1.54. The molecule has 2 aliphatic heterocycles. The maximum Gasteiger partial charge on any atom is 0.240 e. The average molecular weight is 433 g/mol. The van der Waals surface area contributed by atoms with Gasteiger partial charge in [-0.2, -0.15) is 0 Å². The number of para-hydroxylation sites is 1. The van der Waals surface area contributed by atoms with Crippen molar-refractivity contribution in [2.24, 2.45) is 5.73 Å². The number of benzene rings is 1. The van der Waals surface area contributed by atoms with Gasteiger partial charge in [0.15, 0.2) is 0 Å². The zero-order valence-electron chi connectivity index (χ0n) is 16.0. The lowest BCUT2D eigenvalue weighted by Crippen LogP contribution is -2.57. The van der Waals surface area contributed by atoms with Gasteiger partial charge in [0.25, 0.3) is 0 Å². The first kappa shape index (κ1) is 24.5. The number of halogens is 2. The SMILES string of the molecule is Cl.Cl.NC1(C(=O)NCCC(=O)N2CCN(c3ccccc3)CC2)CCOCC1. The van der Waals surface area contributed by atoms with Crippen molar-refractivity contribution in [2.75, 3.05) is 50.8 Å². The fourth-order valence-electron chi connectivity index (χ4n) is 3.43. The number of amides is 2. The second kappa shape index (κ2) is 11.5. The summed E-state index contributed by atoms with van der Waals surface area (Å²) in [7, 11) is 0. The minimum Gasteiger partial charge on any atom is -0.381 e. The minimum atomic E-state index is -0.859. The van der Waals surface area contributed by atoms with Gasteiger partial charge in [0.05, 0.1) is 5.54 Å². The van der Waals surface area contributed by atoms with Crippen LogP contribution in [-0.4, -0.2) is 68.2 Å². The Balaban J connectivity index is 0.00000196. The van der Waals surface area contributed by atoms with E-state index in [1.165, 1.54) is 5.69 Å². The second-order valence-corrected chi connectivity index (χ2v) is 6.98. The Morgan fingerprint density at radius 3 is 2.25 bits per heavy atom. The van der Waals surface area contributed by atoms with Gasteiger partial charge in [0.1, 0.15) is 0 Å². The molecule has 0 spiro atoms. The second-order valence-electron chi connectivity index (χ2n) is 6.98. The molecule has 1 aromatic carbocycles. The molecule has 2 aliphatic rings. The van der Waals surface area contributed by atoms with Crippen molar-refractivity contribution < 1.29 is 14.3 Å². The molecule has 7 nitrogen and oxygen atoms in total. The molecule has 9 heteroatoms. The molecule has 0 aromatic heterocycles. The summed E-state index contributed by atoms with van der Waals surface area (Å²) < 4.78 is 5.25. The summed E-state index contributed by atoms with van der Waals surface area (Å²) in [5.74, 6) is -0.0986. The van der Waals surface area contributed by atoms with E-state index in [2.05, 4.69) is 22.3 Å². The monoisotopic (exact) mass is 432 g/mol. The normalized spacial score (nSPS) is 18.5. The van der Waals surface area contributed by atoms with Gasteiger partial charge >= 0.3 is 0 Å². The lowest BCUT2D eigenvalue weighted by molar-refractivity contribution is -0.132. The van der Waals surface area contributed by atoms with Crippen molar-refractivity contribution in [1.82, 2.24) is 10.2 Å². The quantitative estimate of drug-likeness (QED) is 0.729. The van der Waals surface area contributed by atoms with E-state index >= 15 is 0 Å². The summed E-state index contributed by atoms with van der Waals surface area (Å²) in [5, 5.41) is 2.82. The van der Waals surface area contributed by atoms with Crippen LogP contribution in [0.15, 0.2) is 30.3 Å². The third-order valence-corrected chi connectivity index (χ3v) is 5.22. The van der Waals surface area contributed by atoms with Crippen molar-refractivity contribution in [3.63, 3.8) is 0 Å². The van der Waals surface area contributed by atoms with Crippen molar-refractivity contribution in [1.29, 1.82) is 0 Å². The molecule has 2 fully saturated rings. The Labute approximate surface area is 178 Å². The van der Waals surface area contributed by atoms with Gasteiger partial charge in [-0.05, 0) is 25.0 Å². The lowest BCUT2D eigenvalue weighted by atomic mass is 9.90. The molecule has 0 unspecified atom stereocenters. The number of nitrogens with two attached hydrogens (primary N) is 1. The van der Waals surface area contributed by atoms with Crippen molar-refractivity contribution in [3.8, 4) is 0 Å². The molecule has 1 aromatic rings. The molecule has 28 heavy (non-hydrogen) atoms. The van der Waals surface area contributed by atoms with Gasteiger partial charge in [-0.3, -0.25) is 9.59 Å². The highest BCUT2D eigenvalue weighted by atomic mass is 35.5. The van der Waals surface area contributed by atoms with E-state index in [-0.39, 0.29) is 36.6 Å². The highest BCUT2D eigenvalue weighted by Crippen LogP contribution is 2.18. The summed E-state index contributed by atoms with van der Waals surface area (Å²) in [6.07, 6.45) is 1.35. The maximum absolute atomic E-state index is 12.4. The van der Waals surface area contributed by atoms with Crippen LogP contribution in [0.4, 0.5) is 5.69 Å². The third-order valence-electron chi connectivity index (χ3n) is 5.22. The Morgan fingerprint density at radius 1 is 1.04 bits per heavy atom. The molecule has 0 atom stereocenters. The third kappa shape index (κ3) is 6.24. The molecule has 0 saturated carbocycles. The van der Waals surface area contributed by atoms with Crippen LogP contribution in [-0.2, 0) is 14.3 Å². The van der Waals surface area contributed by atoms with Gasteiger partial charge in [-0.1, -0.05) is 18.2 Å². The zero-order valence-corrected chi connectivity index (χ0v) is 17.6. The number of anilines is 1. The molecule has 0 radical (unpaired) electrons. The predicted molar refractivity (Wildman–Crippen MR) is 114 cm³/mol. The number of carbonyl (C=O) groups is 2. The van der Waals surface area contributed by atoms with Gasteiger partial charge in [-0.25, -0.2) is 0 Å². The van der Waals surface area contributed by atoms with Crippen molar-refractivity contribution >= 4 is 42.3 Å². The van der Waals surface area contributed by atoms with E-state index in [4.69, 9.17) is 10.5 Å². The smallest absolute Gasteiger partial charge is 0.240 e. The molecule has 3 N–H and O–H groups in total. The van der Waals surface area contributed by atoms with Crippen LogP contribution >= 0.6 is 24.8 Å². The van der Waals surface area contributed by atoms with Crippen LogP contribution in [0.25, 0.3) is 0 Å². The minimum absolute atomic E-state index is 0. The van der Waals surface area contributed by atoms with Gasteiger partial charge in [-0.15, -0.1) is 24.8 Å². The highest BCUT2D eigenvalue weighted by molar-refractivity contribution is 5.87. The Bertz CT molecular complexity index is 619. The molecule has 2 saturated heterocycles. The van der Waals surface area contributed by atoms with Gasteiger partial charge in [0, 0.05) is 58.0 Å². The number of nitrogens with one attached hydrogen (secondary N) is 1. The maximum atomic E-state index is 12.4. The molecule has 0 aliphatic carbocycles. The van der Waals surface area contributed by atoms with Crippen molar-refractivity contribution in [2.45, 2.75) is 24.8 Å². The molecule has 2 amide bonds. The van der Waals surface area contributed by atoms with Crippen molar-refractivity contribution in [3.05, 3.63) is 30.3 Å². The molecular formula is C19H30Cl2N4O3. The molecular weight excluding hydrogens is 403 g/mol. The zero-order chi connectivity index (χ0) is 18.4. The van der Waals surface area contributed by atoms with E-state index < -0.39 is 5.54 Å². The lowest BCUT2D eigenvalue weighted by Gasteiger charge is -2.36. The van der Waals surface area contributed by atoms with Crippen LogP contribution in [0, 0.1) is 0 Å². The number of nitrogens with zero attached hydrogens (tertiary/aromatic N) is 2. The summed E-state index contributed by atoms with van der Waals surface area (Å²) in [6, 6.07) is 10.2. The first-order valence-corrected chi connectivity index (χ1v) is 9.31. The Kier molecular flexibility index (Phi) is 10.0. The topological polar surface area (TPSA) is 87.9 Å². The summed E-state index contributed by atoms with van der Waals surface area (Å²) in [4.78, 5) is 28.8. The number of ether oxygens (including phenoxy) is 1. The molecule has 158 valence electrons. The van der Waals surface area contributed by atoms with Crippen LogP contribution < -0.4 is 16.0 Å². The fraction of sp³-hybridized carbons (Fsp3) is 0.579. The van der Waals surface area contributed by atoms with E-state index in [0.29, 0.717) is 52.1 Å².